The van der Waals surface area contributed by atoms with Crippen molar-refractivity contribution in [1.82, 2.24) is 0 Å². The maximum atomic E-state index is 8.82. The Bertz CT molecular complexity index is 422. The van der Waals surface area contributed by atoms with Crippen LogP contribution in [0.25, 0.3) is 0 Å². The first kappa shape index (κ1) is 11.5. The van der Waals surface area contributed by atoms with Crippen LogP contribution in [0.5, 0.6) is 0 Å². The van der Waals surface area contributed by atoms with Crippen LogP contribution in [0.4, 0.5) is 5.69 Å². The Kier molecular flexibility index (Phi) is 3.50. The Morgan fingerprint density at radius 1 is 1.50 bits per heavy atom. The summed E-state index contributed by atoms with van der Waals surface area (Å²) in [7, 11) is 0. The highest BCUT2D eigenvalue weighted by Gasteiger charge is 2.18. The summed E-state index contributed by atoms with van der Waals surface area (Å²) < 4.78 is 1.03. The van der Waals surface area contributed by atoms with Crippen LogP contribution in [0.3, 0.4) is 0 Å². The number of piperidine rings is 1. The van der Waals surface area contributed by atoms with Crippen LogP contribution >= 0.6 is 15.9 Å². The van der Waals surface area contributed by atoms with Crippen molar-refractivity contribution >= 4 is 21.6 Å². The number of anilines is 1. The van der Waals surface area contributed by atoms with E-state index >= 15 is 0 Å². The first-order chi connectivity index (χ1) is 7.70. The van der Waals surface area contributed by atoms with E-state index in [0.29, 0.717) is 5.56 Å². The van der Waals surface area contributed by atoms with Crippen LogP contribution in [0.15, 0.2) is 22.7 Å². The molecule has 1 unspecified atom stereocenters. The highest BCUT2D eigenvalue weighted by molar-refractivity contribution is 9.10. The average molecular weight is 279 g/mol. The third kappa shape index (κ3) is 2.38. The molecule has 2 nitrogen and oxygen atoms in total. The summed E-state index contributed by atoms with van der Waals surface area (Å²) in [5, 5.41) is 8.82. The van der Waals surface area contributed by atoms with Crippen LogP contribution in [0.2, 0.25) is 0 Å². The zero-order valence-corrected chi connectivity index (χ0v) is 11.0. The van der Waals surface area contributed by atoms with E-state index in [1.165, 1.54) is 18.5 Å². The predicted molar refractivity (Wildman–Crippen MR) is 69.5 cm³/mol. The minimum atomic E-state index is 0.709. The highest BCUT2D eigenvalue weighted by Crippen LogP contribution is 2.30. The molecule has 3 heteroatoms. The van der Waals surface area contributed by atoms with Crippen molar-refractivity contribution in [3.05, 3.63) is 28.2 Å². The summed E-state index contributed by atoms with van der Waals surface area (Å²) in [6, 6.07) is 7.99. The topological polar surface area (TPSA) is 27.0 Å². The monoisotopic (exact) mass is 278 g/mol. The smallest absolute Gasteiger partial charge is 0.0992 e. The molecule has 1 saturated heterocycles. The lowest BCUT2D eigenvalue weighted by Gasteiger charge is -2.33. The zero-order valence-electron chi connectivity index (χ0n) is 9.41. The Morgan fingerprint density at radius 2 is 2.31 bits per heavy atom. The summed E-state index contributed by atoms with van der Waals surface area (Å²) in [4.78, 5) is 2.40. The van der Waals surface area contributed by atoms with E-state index in [0.717, 1.165) is 23.5 Å². The molecule has 0 N–H and O–H groups in total. The van der Waals surface area contributed by atoms with E-state index in [1.54, 1.807) is 0 Å². The number of rotatable bonds is 1. The molecule has 1 atom stereocenters. The second-order valence-corrected chi connectivity index (χ2v) is 5.33. The molecule has 16 heavy (non-hydrogen) atoms. The standard InChI is InChI=1S/C13H15BrN2/c1-10-3-2-6-16(9-10)13-5-4-11(8-15)7-12(13)14/h4-5,7,10H,2-3,6,9H2,1H3. The molecule has 1 aliphatic rings. The quantitative estimate of drug-likeness (QED) is 0.786. The van der Waals surface area contributed by atoms with Crippen molar-refractivity contribution in [3.63, 3.8) is 0 Å². The van der Waals surface area contributed by atoms with Crippen molar-refractivity contribution in [2.75, 3.05) is 18.0 Å². The van der Waals surface area contributed by atoms with Gasteiger partial charge in [0.2, 0.25) is 0 Å². The molecule has 0 amide bonds. The summed E-state index contributed by atoms with van der Waals surface area (Å²) in [5.74, 6) is 0.760. The molecule has 84 valence electrons. The zero-order chi connectivity index (χ0) is 11.5. The van der Waals surface area contributed by atoms with Gasteiger partial charge < -0.3 is 4.90 Å². The molecule has 1 aromatic carbocycles. The van der Waals surface area contributed by atoms with Crippen LogP contribution in [-0.4, -0.2) is 13.1 Å². The number of nitrogens with zero attached hydrogens (tertiary/aromatic N) is 2. The molecule has 0 aromatic heterocycles. The molecular weight excluding hydrogens is 264 g/mol. The van der Waals surface area contributed by atoms with Gasteiger partial charge in [-0.05, 0) is 52.9 Å². The highest BCUT2D eigenvalue weighted by atomic mass is 79.9. The maximum absolute atomic E-state index is 8.82. The van der Waals surface area contributed by atoms with E-state index in [1.807, 2.05) is 18.2 Å². The Labute approximate surface area is 105 Å². The normalized spacial score (nSPS) is 20.6. The molecule has 0 aliphatic carbocycles. The summed E-state index contributed by atoms with van der Waals surface area (Å²) in [5.41, 5.74) is 1.92. The van der Waals surface area contributed by atoms with Gasteiger partial charge in [0.15, 0.2) is 0 Å². The van der Waals surface area contributed by atoms with Gasteiger partial charge in [-0.15, -0.1) is 0 Å². The predicted octanol–water partition coefficient (Wildman–Crippen LogP) is 3.56. The molecule has 1 fully saturated rings. The molecule has 0 spiro atoms. The van der Waals surface area contributed by atoms with E-state index in [4.69, 9.17) is 5.26 Å². The number of hydrogen-bond donors (Lipinski definition) is 0. The van der Waals surface area contributed by atoms with Gasteiger partial charge in [-0.2, -0.15) is 5.26 Å². The molecule has 0 radical (unpaired) electrons. The third-order valence-electron chi connectivity index (χ3n) is 3.07. The van der Waals surface area contributed by atoms with Gasteiger partial charge in [0, 0.05) is 17.6 Å². The fourth-order valence-electron chi connectivity index (χ4n) is 2.24. The first-order valence-electron chi connectivity index (χ1n) is 5.65. The van der Waals surface area contributed by atoms with Gasteiger partial charge in [-0.25, -0.2) is 0 Å². The van der Waals surface area contributed by atoms with Gasteiger partial charge in [0.05, 0.1) is 17.3 Å². The second kappa shape index (κ2) is 4.88. The number of benzene rings is 1. The lowest BCUT2D eigenvalue weighted by Crippen LogP contribution is -2.34. The molecule has 1 heterocycles. The van der Waals surface area contributed by atoms with Crippen LogP contribution in [0.1, 0.15) is 25.3 Å². The van der Waals surface area contributed by atoms with E-state index in [9.17, 15) is 0 Å². The Balaban J connectivity index is 2.23. The largest absolute Gasteiger partial charge is 0.370 e. The second-order valence-electron chi connectivity index (χ2n) is 4.47. The molecule has 1 aromatic rings. The van der Waals surface area contributed by atoms with Gasteiger partial charge in [0.1, 0.15) is 0 Å². The van der Waals surface area contributed by atoms with Crippen molar-refractivity contribution in [3.8, 4) is 6.07 Å². The minimum Gasteiger partial charge on any atom is -0.370 e. The van der Waals surface area contributed by atoms with Crippen molar-refractivity contribution in [2.45, 2.75) is 19.8 Å². The van der Waals surface area contributed by atoms with Crippen LogP contribution in [-0.2, 0) is 0 Å². The van der Waals surface area contributed by atoms with Crippen LogP contribution in [0, 0.1) is 17.2 Å². The van der Waals surface area contributed by atoms with Crippen molar-refractivity contribution < 1.29 is 0 Å². The lowest BCUT2D eigenvalue weighted by molar-refractivity contribution is 0.446. The van der Waals surface area contributed by atoms with Crippen molar-refractivity contribution in [2.24, 2.45) is 5.92 Å². The molecule has 2 rings (SSSR count). The fraction of sp³-hybridized carbons (Fsp3) is 0.462. The van der Waals surface area contributed by atoms with Gasteiger partial charge in [-0.3, -0.25) is 0 Å². The van der Waals surface area contributed by atoms with Gasteiger partial charge in [0.25, 0.3) is 0 Å². The molecular formula is C13H15BrN2. The number of hydrogen-bond acceptors (Lipinski definition) is 2. The van der Waals surface area contributed by atoms with Crippen LogP contribution < -0.4 is 4.90 Å². The Hall–Kier alpha value is -1.01. The first-order valence-corrected chi connectivity index (χ1v) is 6.44. The summed E-state index contributed by atoms with van der Waals surface area (Å²) in [6.07, 6.45) is 2.58. The summed E-state index contributed by atoms with van der Waals surface area (Å²) >= 11 is 3.55. The molecule has 0 bridgehead atoms. The number of nitriles is 1. The maximum Gasteiger partial charge on any atom is 0.0992 e. The SMILES string of the molecule is CC1CCCN(c2ccc(C#N)cc2Br)C1. The van der Waals surface area contributed by atoms with E-state index in [-0.39, 0.29) is 0 Å². The van der Waals surface area contributed by atoms with E-state index < -0.39 is 0 Å². The molecule has 1 aliphatic heterocycles. The van der Waals surface area contributed by atoms with Gasteiger partial charge >= 0.3 is 0 Å². The van der Waals surface area contributed by atoms with Gasteiger partial charge in [-0.1, -0.05) is 6.92 Å². The number of halogens is 1. The fourth-order valence-corrected chi connectivity index (χ4v) is 2.87. The minimum absolute atomic E-state index is 0.709. The van der Waals surface area contributed by atoms with Crippen molar-refractivity contribution in [1.29, 1.82) is 5.26 Å². The molecule has 0 saturated carbocycles. The third-order valence-corrected chi connectivity index (χ3v) is 3.71. The lowest BCUT2D eigenvalue weighted by atomic mass is 9.99. The average Bonchev–Trinajstić information content (AvgIpc) is 2.28. The van der Waals surface area contributed by atoms with E-state index in [2.05, 4.69) is 33.8 Å². The summed E-state index contributed by atoms with van der Waals surface area (Å²) in [6.45, 7) is 4.53. The Morgan fingerprint density at radius 3 is 2.94 bits per heavy atom.